The predicted octanol–water partition coefficient (Wildman–Crippen LogP) is 3.72. The number of rotatable bonds is 8. The lowest BCUT2D eigenvalue weighted by atomic mass is 10.1. The highest BCUT2D eigenvalue weighted by Crippen LogP contribution is 2.21. The number of halogens is 1. The van der Waals surface area contributed by atoms with Gasteiger partial charge in [-0.15, -0.1) is 6.58 Å². The van der Waals surface area contributed by atoms with Gasteiger partial charge in [-0.2, -0.15) is 5.10 Å². The monoisotopic (exact) mass is 402 g/mol. The number of amides is 1. The molecule has 2 aromatic rings. The van der Waals surface area contributed by atoms with Gasteiger partial charge in [-0.3, -0.25) is 4.79 Å². The van der Waals surface area contributed by atoms with Gasteiger partial charge in [-0.1, -0.05) is 40.2 Å². The van der Waals surface area contributed by atoms with Gasteiger partial charge < -0.3 is 9.47 Å². The molecule has 0 aliphatic carbocycles. The first kappa shape index (κ1) is 18.7. The summed E-state index contributed by atoms with van der Waals surface area (Å²) in [6, 6.07) is 13.0. The fourth-order valence-electron chi connectivity index (χ4n) is 2.07. The molecule has 2 rings (SSSR count). The molecule has 0 atom stereocenters. The van der Waals surface area contributed by atoms with Gasteiger partial charge in [-0.25, -0.2) is 5.43 Å². The van der Waals surface area contributed by atoms with Crippen molar-refractivity contribution in [3.8, 4) is 11.5 Å². The van der Waals surface area contributed by atoms with Crippen molar-refractivity contribution in [2.24, 2.45) is 5.10 Å². The molecule has 1 amide bonds. The number of methoxy groups -OCH3 is 1. The van der Waals surface area contributed by atoms with Crippen LogP contribution in [0.2, 0.25) is 0 Å². The van der Waals surface area contributed by atoms with Crippen LogP contribution in [0.15, 0.2) is 64.7 Å². The number of benzene rings is 2. The summed E-state index contributed by atoms with van der Waals surface area (Å²) in [6.07, 6.45) is 4.01. The molecule has 1 N–H and O–H groups in total. The summed E-state index contributed by atoms with van der Waals surface area (Å²) >= 11 is 3.42. The largest absolute Gasteiger partial charge is 0.497 e. The first-order valence-electron chi connectivity index (χ1n) is 7.61. The minimum Gasteiger partial charge on any atom is -0.497 e. The SMILES string of the molecule is C=CCc1ccccc1OCC(=O)N/N=C/c1cc(OC)ccc1Br. The van der Waals surface area contributed by atoms with E-state index in [1.807, 2.05) is 42.5 Å². The van der Waals surface area contributed by atoms with Crippen LogP contribution < -0.4 is 14.9 Å². The molecular formula is C19H19BrN2O3. The maximum absolute atomic E-state index is 11.9. The maximum atomic E-state index is 11.9. The standard InChI is InChI=1S/C19H19BrN2O3/c1-3-6-14-7-4-5-8-18(14)25-13-19(23)22-21-12-15-11-16(24-2)9-10-17(15)20/h3-5,7-12H,1,6,13H2,2H3,(H,22,23)/b21-12+. The molecule has 0 aromatic heterocycles. The van der Waals surface area contributed by atoms with Crippen LogP contribution in [0.3, 0.4) is 0 Å². The average Bonchev–Trinajstić information content (AvgIpc) is 2.63. The van der Waals surface area contributed by atoms with E-state index in [-0.39, 0.29) is 12.5 Å². The number of ether oxygens (including phenoxy) is 2. The summed E-state index contributed by atoms with van der Waals surface area (Å²) in [5.74, 6) is 1.03. The molecule has 25 heavy (non-hydrogen) atoms. The van der Waals surface area contributed by atoms with E-state index in [1.54, 1.807) is 13.2 Å². The topological polar surface area (TPSA) is 59.9 Å². The molecule has 2 aromatic carbocycles. The van der Waals surface area contributed by atoms with Crippen molar-refractivity contribution in [1.82, 2.24) is 5.43 Å². The lowest BCUT2D eigenvalue weighted by Crippen LogP contribution is -2.24. The third-order valence-electron chi connectivity index (χ3n) is 3.29. The number of carbonyl (C=O) groups excluding carboxylic acids is 1. The predicted molar refractivity (Wildman–Crippen MR) is 102 cm³/mol. The molecule has 0 unspecified atom stereocenters. The minimum atomic E-state index is -0.344. The number of hydrogen-bond donors (Lipinski definition) is 1. The summed E-state index contributed by atoms with van der Waals surface area (Å²) in [5, 5.41) is 3.94. The second-order valence-corrected chi connectivity index (χ2v) is 5.92. The van der Waals surface area contributed by atoms with Gasteiger partial charge in [0.15, 0.2) is 6.61 Å². The Bertz CT molecular complexity index is 775. The second-order valence-electron chi connectivity index (χ2n) is 5.07. The summed E-state index contributed by atoms with van der Waals surface area (Å²) in [6.45, 7) is 3.59. The van der Waals surface area contributed by atoms with Crippen LogP contribution in [0, 0.1) is 0 Å². The van der Waals surface area contributed by atoms with E-state index in [1.165, 1.54) is 6.21 Å². The number of hydrogen-bond acceptors (Lipinski definition) is 4. The Labute approximate surface area is 155 Å². The number of nitrogens with one attached hydrogen (secondary N) is 1. The zero-order chi connectivity index (χ0) is 18.1. The Morgan fingerprint density at radius 2 is 2.12 bits per heavy atom. The molecule has 0 fully saturated rings. The van der Waals surface area contributed by atoms with Gasteiger partial charge >= 0.3 is 0 Å². The summed E-state index contributed by atoms with van der Waals surface area (Å²) in [4.78, 5) is 11.9. The number of allylic oxidation sites excluding steroid dienone is 1. The number of nitrogens with zero attached hydrogens (tertiary/aromatic N) is 1. The molecule has 0 aliphatic rings. The van der Waals surface area contributed by atoms with E-state index in [0.717, 1.165) is 15.6 Å². The van der Waals surface area contributed by atoms with Gasteiger partial charge in [0.1, 0.15) is 11.5 Å². The molecule has 5 nitrogen and oxygen atoms in total. The second kappa shape index (κ2) is 9.64. The third kappa shape index (κ3) is 5.76. The zero-order valence-electron chi connectivity index (χ0n) is 13.9. The fraction of sp³-hybridized carbons (Fsp3) is 0.158. The highest BCUT2D eigenvalue weighted by atomic mass is 79.9. The summed E-state index contributed by atoms with van der Waals surface area (Å²) in [7, 11) is 1.59. The van der Waals surface area contributed by atoms with Crippen LogP contribution in [-0.2, 0) is 11.2 Å². The summed E-state index contributed by atoms with van der Waals surface area (Å²) in [5.41, 5.74) is 4.21. The van der Waals surface area contributed by atoms with Crippen molar-refractivity contribution >= 4 is 28.1 Å². The smallest absolute Gasteiger partial charge is 0.277 e. The van der Waals surface area contributed by atoms with E-state index in [0.29, 0.717) is 17.9 Å². The highest BCUT2D eigenvalue weighted by Gasteiger charge is 2.05. The molecule has 0 saturated heterocycles. The normalized spacial score (nSPS) is 10.5. The van der Waals surface area contributed by atoms with Gasteiger partial charge in [0, 0.05) is 10.0 Å². The number of para-hydroxylation sites is 1. The molecular weight excluding hydrogens is 384 g/mol. The van der Waals surface area contributed by atoms with Crippen LogP contribution in [0.25, 0.3) is 0 Å². The number of hydrazone groups is 1. The van der Waals surface area contributed by atoms with Crippen molar-refractivity contribution in [2.45, 2.75) is 6.42 Å². The van der Waals surface area contributed by atoms with Crippen LogP contribution in [0.1, 0.15) is 11.1 Å². The molecule has 130 valence electrons. The van der Waals surface area contributed by atoms with E-state index in [2.05, 4.69) is 33.0 Å². The first-order valence-corrected chi connectivity index (χ1v) is 8.40. The Kier molecular flexibility index (Phi) is 7.22. The Hall–Kier alpha value is -2.60. The molecule has 0 heterocycles. The number of carbonyl (C=O) groups is 1. The highest BCUT2D eigenvalue weighted by molar-refractivity contribution is 9.10. The minimum absolute atomic E-state index is 0.120. The molecule has 0 spiro atoms. The van der Waals surface area contributed by atoms with Crippen molar-refractivity contribution in [1.29, 1.82) is 0 Å². The van der Waals surface area contributed by atoms with Gasteiger partial charge in [0.2, 0.25) is 0 Å². The molecule has 0 bridgehead atoms. The molecule has 6 heteroatoms. The van der Waals surface area contributed by atoms with Crippen LogP contribution in [-0.4, -0.2) is 25.8 Å². The van der Waals surface area contributed by atoms with Crippen molar-refractivity contribution in [3.63, 3.8) is 0 Å². The van der Waals surface area contributed by atoms with Crippen molar-refractivity contribution < 1.29 is 14.3 Å². The maximum Gasteiger partial charge on any atom is 0.277 e. The van der Waals surface area contributed by atoms with Crippen LogP contribution in [0.4, 0.5) is 0 Å². The van der Waals surface area contributed by atoms with E-state index < -0.39 is 0 Å². The molecule has 0 radical (unpaired) electrons. The molecule has 0 saturated carbocycles. The zero-order valence-corrected chi connectivity index (χ0v) is 15.5. The first-order chi connectivity index (χ1) is 12.1. The fourth-order valence-corrected chi connectivity index (χ4v) is 2.41. The van der Waals surface area contributed by atoms with E-state index in [9.17, 15) is 4.79 Å². The third-order valence-corrected chi connectivity index (χ3v) is 4.01. The Morgan fingerprint density at radius 3 is 2.88 bits per heavy atom. The van der Waals surface area contributed by atoms with Crippen molar-refractivity contribution in [2.75, 3.05) is 13.7 Å². The Morgan fingerprint density at radius 1 is 1.32 bits per heavy atom. The summed E-state index contributed by atoms with van der Waals surface area (Å²) < 4.78 is 11.6. The average molecular weight is 403 g/mol. The Balaban J connectivity index is 1.90. The van der Waals surface area contributed by atoms with Crippen molar-refractivity contribution in [3.05, 3.63) is 70.7 Å². The van der Waals surface area contributed by atoms with Gasteiger partial charge in [-0.05, 0) is 36.2 Å². The molecule has 0 aliphatic heterocycles. The van der Waals surface area contributed by atoms with Crippen LogP contribution in [0.5, 0.6) is 11.5 Å². The van der Waals surface area contributed by atoms with Gasteiger partial charge in [0.05, 0.1) is 13.3 Å². The lowest BCUT2D eigenvalue weighted by Gasteiger charge is -2.09. The quantitative estimate of drug-likeness (QED) is 0.415. The van der Waals surface area contributed by atoms with Gasteiger partial charge in [0.25, 0.3) is 5.91 Å². The van der Waals surface area contributed by atoms with E-state index in [4.69, 9.17) is 9.47 Å². The van der Waals surface area contributed by atoms with Crippen LogP contribution >= 0.6 is 15.9 Å². The van der Waals surface area contributed by atoms with E-state index >= 15 is 0 Å². The lowest BCUT2D eigenvalue weighted by molar-refractivity contribution is -0.123.